The van der Waals surface area contributed by atoms with Crippen molar-refractivity contribution in [1.82, 2.24) is 0 Å². The first kappa shape index (κ1) is 23.3. The maximum absolute atomic E-state index is 3.98. The van der Waals surface area contributed by atoms with Gasteiger partial charge in [-0.05, 0) is 93.7 Å². The standard InChI is InChI=1S/C37H35Br/c38-35-17-9-16-32-36(35)30-14-7-8-15-31(30)37(32)33-22-26(24-10-3-1-4-11-24)18-20-28(33)29-21-19-27(23-34(29)37)25-12-5-2-6-13-25/h7-9,14-25H,1-6,10-13H2. The third-order valence-electron chi connectivity index (χ3n) is 10.4. The molecule has 4 aromatic rings. The molecule has 38 heavy (non-hydrogen) atoms. The summed E-state index contributed by atoms with van der Waals surface area (Å²) in [7, 11) is 0. The Bertz CT molecular complexity index is 1480. The Morgan fingerprint density at radius 3 is 1.66 bits per heavy atom. The van der Waals surface area contributed by atoms with Crippen LogP contribution in [0.5, 0.6) is 0 Å². The number of halogens is 1. The van der Waals surface area contributed by atoms with Crippen molar-refractivity contribution < 1.29 is 0 Å². The van der Waals surface area contributed by atoms with Crippen molar-refractivity contribution in [3.63, 3.8) is 0 Å². The van der Waals surface area contributed by atoms with Gasteiger partial charge in [-0.2, -0.15) is 0 Å². The van der Waals surface area contributed by atoms with Crippen LogP contribution in [-0.2, 0) is 5.41 Å². The van der Waals surface area contributed by atoms with Crippen molar-refractivity contribution in [2.45, 2.75) is 81.5 Å². The van der Waals surface area contributed by atoms with Crippen LogP contribution in [0.15, 0.2) is 83.3 Å². The molecule has 0 atom stereocenters. The fourth-order valence-corrected chi connectivity index (χ4v) is 9.18. The van der Waals surface area contributed by atoms with Crippen LogP contribution in [0, 0.1) is 0 Å². The van der Waals surface area contributed by atoms with Gasteiger partial charge in [0.1, 0.15) is 0 Å². The number of fused-ring (bicyclic) bond motifs is 10. The van der Waals surface area contributed by atoms with Crippen LogP contribution in [0.4, 0.5) is 0 Å². The van der Waals surface area contributed by atoms with E-state index in [1.165, 1.54) is 113 Å². The second-order valence-electron chi connectivity index (χ2n) is 12.2. The molecular formula is C37H35Br. The van der Waals surface area contributed by atoms with Crippen molar-refractivity contribution in [1.29, 1.82) is 0 Å². The number of benzene rings is 4. The lowest BCUT2D eigenvalue weighted by atomic mass is 9.69. The molecule has 0 aromatic heterocycles. The molecule has 4 aliphatic carbocycles. The van der Waals surface area contributed by atoms with E-state index in [-0.39, 0.29) is 5.41 Å². The van der Waals surface area contributed by atoms with E-state index in [0.717, 1.165) is 0 Å². The summed E-state index contributed by atoms with van der Waals surface area (Å²) in [5.41, 5.74) is 14.5. The monoisotopic (exact) mass is 558 g/mol. The lowest BCUT2D eigenvalue weighted by molar-refractivity contribution is 0.443. The summed E-state index contributed by atoms with van der Waals surface area (Å²) in [5.74, 6) is 1.40. The average molecular weight is 560 g/mol. The highest BCUT2D eigenvalue weighted by Crippen LogP contribution is 2.64. The highest BCUT2D eigenvalue weighted by molar-refractivity contribution is 9.10. The summed E-state index contributed by atoms with van der Waals surface area (Å²) in [5, 5.41) is 0. The fraction of sp³-hybridized carbons (Fsp3) is 0.351. The molecule has 190 valence electrons. The molecule has 0 N–H and O–H groups in total. The molecule has 0 aliphatic heterocycles. The second-order valence-corrected chi connectivity index (χ2v) is 13.1. The fourth-order valence-electron chi connectivity index (χ4n) is 8.60. The highest BCUT2D eigenvalue weighted by Gasteiger charge is 2.52. The zero-order valence-electron chi connectivity index (χ0n) is 22.1. The van der Waals surface area contributed by atoms with Gasteiger partial charge in [-0.1, -0.05) is 127 Å². The van der Waals surface area contributed by atoms with Crippen LogP contribution in [-0.4, -0.2) is 0 Å². The van der Waals surface area contributed by atoms with E-state index in [2.05, 4.69) is 94.8 Å². The summed E-state index contributed by atoms with van der Waals surface area (Å²) in [6.45, 7) is 0. The number of rotatable bonds is 2. The zero-order chi connectivity index (χ0) is 25.3. The molecule has 0 radical (unpaired) electrons. The van der Waals surface area contributed by atoms with Crippen molar-refractivity contribution in [3.8, 4) is 22.3 Å². The molecule has 4 aromatic carbocycles. The van der Waals surface area contributed by atoms with Crippen LogP contribution in [0.25, 0.3) is 22.3 Å². The molecule has 0 amide bonds. The van der Waals surface area contributed by atoms with Crippen molar-refractivity contribution in [2.24, 2.45) is 0 Å². The molecule has 8 rings (SSSR count). The van der Waals surface area contributed by atoms with Gasteiger partial charge in [0.05, 0.1) is 5.41 Å². The molecular weight excluding hydrogens is 524 g/mol. The van der Waals surface area contributed by atoms with E-state index in [9.17, 15) is 0 Å². The summed E-state index contributed by atoms with van der Waals surface area (Å²) in [4.78, 5) is 0. The summed E-state index contributed by atoms with van der Waals surface area (Å²) in [6.07, 6.45) is 13.6. The van der Waals surface area contributed by atoms with Gasteiger partial charge in [-0.3, -0.25) is 0 Å². The molecule has 0 unspecified atom stereocenters. The van der Waals surface area contributed by atoms with E-state index in [1.54, 1.807) is 11.1 Å². The Balaban J connectivity index is 1.43. The SMILES string of the molecule is Brc1cccc2c1-c1ccccc1C21c2cc(C3CCCCC3)ccc2-c2ccc(C3CCCCC3)cc21. The van der Waals surface area contributed by atoms with E-state index in [4.69, 9.17) is 0 Å². The molecule has 2 saturated carbocycles. The normalized spacial score (nSPS) is 19.7. The van der Waals surface area contributed by atoms with Gasteiger partial charge in [0.15, 0.2) is 0 Å². The van der Waals surface area contributed by atoms with Gasteiger partial charge in [0.2, 0.25) is 0 Å². The number of hydrogen-bond acceptors (Lipinski definition) is 0. The smallest absolute Gasteiger partial charge is 0.0619 e. The third-order valence-corrected chi connectivity index (χ3v) is 11.0. The molecule has 1 heteroatoms. The Kier molecular flexibility index (Phi) is 5.48. The maximum Gasteiger partial charge on any atom is 0.0726 e. The summed E-state index contributed by atoms with van der Waals surface area (Å²) >= 11 is 3.98. The topological polar surface area (TPSA) is 0 Å². The van der Waals surface area contributed by atoms with Crippen LogP contribution in [0.2, 0.25) is 0 Å². The van der Waals surface area contributed by atoms with Crippen LogP contribution in [0.1, 0.15) is 109 Å². The quantitative estimate of drug-likeness (QED) is 0.198. The van der Waals surface area contributed by atoms with E-state index in [0.29, 0.717) is 11.8 Å². The average Bonchev–Trinajstić information content (AvgIpc) is 3.45. The van der Waals surface area contributed by atoms with Gasteiger partial charge in [0.25, 0.3) is 0 Å². The molecule has 0 heterocycles. The number of hydrogen-bond donors (Lipinski definition) is 0. The van der Waals surface area contributed by atoms with E-state index < -0.39 is 0 Å². The van der Waals surface area contributed by atoms with Crippen molar-refractivity contribution in [3.05, 3.63) is 117 Å². The van der Waals surface area contributed by atoms with Crippen LogP contribution >= 0.6 is 15.9 Å². The minimum atomic E-state index is -0.240. The second kappa shape index (κ2) is 8.95. The van der Waals surface area contributed by atoms with E-state index >= 15 is 0 Å². The lowest BCUT2D eigenvalue weighted by Crippen LogP contribution is -2.26. The summed E-state index contributed by atoms with van der Waals surface area (Å²) in [6, 6.07) is 31.3. The first-order chi connectivity index (χ1) is 18.8. The molecule has 0 saturated heterocycles. The summed E-state index contributed by atoms with van der Waals surface area (Å²) < 4.78 is 1.21. The van der Waals surface area contributed by atoms with Crippen LogP contribution in [0.3, 0.4) is 0 Å². The first-order valence-electron chi connectivity index (χ1n) is 14.9. The van der Waals surface area contributed by atoms with Gasteiger partial charge in [-0.15, -0.1) is 0 Å². The highest BCUT2D eigenvalue weighted by atomic mass is 79.9. The first-order valence-corrected chi connectivity index (χ1v) is 15.7. The van der Waals surface area contributed by atoms with Gasteiger partial charge >= 0.3 is 0 Å². The Labute approximate surface area is 235 Å². The van der Waals surface area contributed by atoms with Crippen LogP contribution < -0.4 is 0 Å². The third kappa shape index (κ3) is 3.21. The molecule has 1 spiro atoms. The molecule has 4 aliphatic rings. The minimum Gasteiger partial charge on any atom is -0.0619 e. The lowest BCUT2D eigenvalue weighted by Gasteiger charge is -2.32. The minimum absolute atomic E-state index is 0.240. The van der Waals surface area contributed by atoms with Gasteiger partial charge in [-0.25, -0.2) is 0 Å². The zero-order valence-corrected chi connectivity index (χ0v) is 23.7. The van der Waals surface area contributed by atoms with E-state index in [1.807, 2.05) is 0 Å². The molecule has 0 nitrogen and oxygen atoms in total. The predicted octanol–water partition coefficient (Wildman–Crippen LogP) is 10.9. The van der Waals surface area contributed by atoms with Crippen molar-refractivity contribution in [2.75, 3.05) is 0 Å². The molecule has 2 fully saturated rings. The Hall–Kier alpha value is -2.64. The Morgan fingerprint density at radius 1 is 0.500 bits per heavy atom. The largest absolute Gasteiger partial charge is 0.0726 e. The van der Waals surface area contributed by atoms with Crippen molar-refractivity contribution >= 4 is 15.9 Å². The van der Waals surface area contributed by atoms with Gasteiger partial charge < -0.3 is 0 Å². The maximum atomic E-state index is 3.98. The Morgan fingerprint density at radius 2 is 1.05 bits per heavy atom. The predicted molar refractivity (Wildman–Crippen MR) is 162 cm³/mol. The molecule has 0 bridgehead atoms. The van der Waals surface area contributed by atoms with Gasteiger partial charge in [0, 0.05) is 10.0 Å².